The van der Waals surface area contributed by atoms with Crippen molar-refractivity contribution < 1.29 is 52.5 Å². The van der Waals surface area contributed by atoms with E-state index >= 15 is 0 Å². The van der Waals surface area contributed by atoms with Crippen molar-refractivity contribution in [1.82, 2.24) is 30.4 Å². The molecular formula is C21H20F3N7O8S2. The van der Waals surface area contributed by atoms with E-state index in [1.165, 1.54) is 11.8 Å². The molecular weight excluding hydrogens is 599 g/mol. The molecule has 41 heavy (non-hydrogen) atoms. The zero-order valence-electron chi connectivity index (χ0n) is 20.4. The van der Waals surface area contributed by atoms with Gasteiger partial charge in [0, 0.05) is 11.5 Å². The van der Waals surface area contributed by atoms with Gasteiger partial charge in [-0.25, -0.2) is 14.3 Å². The minimum atomic E-state index is -5.08. The van der Waals surface area contributed by atoms with E-state index in [0.717, 1.165) is 21.3 Å². The zero-order valence-corrected chi connectivity index (χ0v) is 22.0. The molecule has 15 nitrogen and oxygen atoms in total. The van der Waals surface area contributed by atoms with Crippen molar-refractivity contribution in [2.45, 2.75) is 35.3 Å². The molecule has 20 heteroatoms. The van der Waals surface area contributed by atoms with E-state index in [4.69, 9.17) is 20.7 Å². The molecule has 1 saturated heterocycles. The van der Waals surface area contributed by atoms with Crippen molar-refractivity contribution >= 4 is 53.2 Å². The number of nitrogens with one attached hydrogen (secondary N) is 1. The highest BCUT2D eigenvalue weighted by atomic mass is 32.2. The standard InChI is InChI=1S/C19H19N7O6S2.C2HF3O2/c20-12(9-4-2-1-3-5-9)15(29)21-13-16(30)26-14(18(31)32)10(7-33-17(13)26)8-34-19-22-23-24-25(19)6-11(27)28;3-2(4,5)1(6)7/h1-5,12-13,17H,6-8,20H2,(H,21,29)(H,27,28)(H,31,32);(H,6,7)/t12?,13?,17-;/m0./s1. The summed E-state index contributed by atoms with van der Waals surface area (Å²) in [5, 5.41) is 38.9. The number of carboxylic acids is 3. The van der Waals surface area contributed by atoms with Gasteiger partial charge < -0.3 is 26.4 Å². The topological polar surface area (TPSA) is 231 Å². The molecule has 3 atom stereocenters. The molecule has 2 amide bonds. The summed E-state index contributed by atoms with van der Waals surface area (Å²) in [7, 11) is 0. The van der Waals surface area contributed by atoms with Crippen LogP contribution in [0.1, 0.15) is 11.6 Å². The third-order valence-electron chi connectivity index (χ3n) is 5.39. The summed E-state index contributed by atoms with van der Waals surface area (Å²) in [4.78, 5) is 58.4. The van der Waals surface area contributed by atoms with Gasteiger partial charge in [0.15, 0.2) is 0 Å². The van der Waals surface area contributed by atoms with E-state index in [-0.39, 0.29) is 16.6 Å². The molecule has 4 rings (SSSR count). The van der Waals surface area contributed by atoms with Crippen LogP contribution in [-0.2, 0) is 30.5 Å². The van der Waals surface area contributed by atoms with Crippen LogP contribution in [0.2, 0.25) is 0 Å². The number of fused-ring (bicyclic) bond motifs is 1. The summed E-state index contributed by atoms with van der Waals surface area (Å²) in [5.74, 6) is -5.79. The van der Waals surface area contributed by atoms with Crippen molar-refractivity contribution in [3.63, 3.8) is 0 Å². The second-order valence-electron chi connectivity index (χ2n) is 8.15. The first-order valence-electron chi connectivity index (χ1n) is 11.1. The van der Waals surface area contributed by atoms with Gasteiger partial charge in [-0.1, -0.05) is 42.1 Å². The van der Waals surface area contributed by atoms with Crippen LogP contribution in [0, 0.1) is 0 Å². The van der Waals surface area contributed by atoms with Crippen molar-refractivity contribution in [3.05, 3.63) is 47.2 Å². The molecule has 0 spiro atoms. The highest BCUT2D eigenvalue weighted by Crippen LogP contribution is 2.41. The number of benzene rings is 1. The summed E-state index contributed by atoms with van der Waals surface area (Å²) in [6.07, 6.45) is -5.08. The maximum absolute atomic E-state index is 12.8. The highest BCUT2D eigenvalue weighted by Gasteiger charge is 2.54. The molecule has 3 heterocycles. The van der Waals surface area contributed by atoms with E-state index < -0.39 is 59.9 Å². The van der Waals surface area contributed by atoms with Crippen LogP contribution < -0.4 is 11.1 Å². The number of hydrogen-bond donors (Lipinski definition) is 5. The Hall–Kier alpha value is -4.17. The number of amides is 2. The molecule has 0 radical (unpaired) electrons. The minimum absolute atomic E-state index is 0.140. The Morgan fingerprint density at radius 3 is 2.37 bits per heavy atom. The zero-order chi connectivity index (χ0) is 30.5. The number of hydrogen-bond acceptors (Lipinski definition) is 11. The van der Waals surface area contributed by atoms with Gasteiger partial charge in [-0.3, -0.25) is 19.3 Å². The van der Waals surface area contributed by atoms with E-state index in [9.17, 15) is 37.5 Å². The Bertz CT molecular complexity index is 1370. The van der Waals surface area contributed by atoms with Crippen LogP contribution in [0.5, 0.6) is 0 Å². The third kappa shape index (κ3) is 7.52. The van der Waals surface area contributed by atoms with Crippen LogP contribution >= 0.6 is 23.5 Å². The van der Waals surface area contributed by atoms with Gasteiger partial charge in [-0.05, 0) is 21.6 Å². The first kappa shape index (κ1) is 31.4. The highest BCUT2D eigenvalue weighted by molar-refractivity contribution is 8.01. The lowest BCUT2D eigenvalue weighted by atomic mass is 10.0. The molecule has 220 valence electrons. The molecule has 0 saturated carbocycles. The van der Waals surface area contributed by atoms with Crippen molar-refractivity contribution in [1.29, 1.82) is 0 Å². The van der Waals surface area contributed by atoms with Crippen LogP contribution in [0.4, 0.5) is 13.2 Å². The average molecular weight is 620 g/mol. The van der Waals surface area contributed by atoms with Gasteiger partial charge in [0.1, 0.15) is 29.7 Å². The molecule has 1 fully saturated rings. The Morgan fingerprint density at radius 1 is 1.17 bits per heavy atom. The molecule has 6 N–H and O–H groups in total. The van der Waals surface area contributed by atoms with Crippen LogP contribution in [0.3, 0.4) is 0 Å². The molecule has 2 aliphatic heterocycles. The van der Waals surface area contributed by atoms with Crippen LogP contribution in [0.15, 0.2) is 46.8 Å². The molecule has 1 aromatic heterocycles. The number of aliphatic carboxylic acids is 3. The fourth-order valence-electron chi connectivity index (χ4n) is 3.53. The lowest BCUT2D eigenvalue weighted by Gasteiger charge is -2.49. The Labute approximate surface area is 235 Å². The summed E-state index contributed by atoms with van der Waals surface area (Å²) in [6.45, 7) is -0.436. The number of carbonyl (C=O) groups is 5. The van der Waals surface area contributed by atoms with E-state index in [0.29, 0.717) is 16.9 Å². The molecule has 2 aromatic rings. The van der Waals surface area contributed by atoms with Crippen molar-refractivity contribution in [3.8, 4) is 0 Å². The molecule has 0 aliphatic carbocycles. The lowest BCUT2D eigenvalue weighted by Crippen LogP contribution is -2.71. The minimum Gasteiger partial charge on any atom is -0.480 e. The Balaban J connectivity index is 0.000000587. The normalized spacial score (nSPS) is 18.8. The SMILES string of the molecule is NC(C(=O)NC1C(=O)N2C(C(=O)O)=C(CSc3nnnn3CC(=O)O)CS[C@@H]12)c1ccccc1.O=C(O)C(F)(F)F. The molecule has 0 bridgehead atoms. The Morgan fingerprint density at radius 2 is 1.80 bits per heavy atom. The second kappa shape index (κ2) is 13.0. The first-order chi connectivity index (χ1) is 19.2. The quantitative estimate of drug-likeness (QED) is 0.183. The number of carbonyl (C=O) groups excluding carboxylic acids is 2. The molecule has 1 aromatic carbocycles. The monoisotopic (exact) mass is 619 g/mol. The molecule has 2 aliphatic rings. The molecule has 2 unspecified atom stereocenters. The number of aromatic nitrogens is 4. The Kier molecular flexibility index (Phi) is 9.94. The fraction of sp³-hybridized carbons (Fsp3) is 0.333. The van der Waals surface area contributed by atoms with E-state index in [1.807, 2.05) is 0 Å². The van der Waals surface area contributed by atoms with Gasteiger partial charge in [0.05, 0.1) is 0 Å². The van der Waals surface area contributed by atoms with Crippen molar-refractivity contribution in [2.75, 3.05) is 11.5 Å². The summed E-state index contributed by atoms with van der Waals surface area (Å²) >= 11 is 2.39. The summed E-state index contributed by atoms with van der Waals surface area (Å²) in [6, 6.07) is 6.85. The number of β-lactam (4-membered cyclic amide) rings is 1. The number of rotatable bonds is 9. The smallest absolute Gasteiger partial charge is 0.480 e. The number of alkyl halides is 3. The van der Waals surface area contributed by atoms with Crippen molar-refractivity contribution in [2.24, 2.45) is 5.73 Å². The maximum Gasteiger partial charge on any atom is 0.490 e. The average Bonchev–Trinajstić information content (AvgIpc) is 3.35. The summed E-state index contributed by atoms with van der Waals surface area (Å²) in [5.41, 5.74) is 6.90. The van der Waals surface area contributed by atoms with Gasteiger partial charge in [-0.15, -0.1) is 16.9 Å². The number of tetrazole rings is 1. The number of halogens is 3. The fourth-order valence-corrected chi connectivity index (χ4v) is 5.89. The van der Waals surface area contributed by atoms with E-state index in [2.05, 4.69) is 20.8 Å². The number of thioether (sulfide) groups is 2. The second-order valence-corrected chi connectivity index (χ2v) is 10.2. The van der Waals surface area contributed by atoms with Gasteiger partial charge in [0.2, 0.25) is 11.1 Å². The van der Waals surface area contributed by atoms with Crippen LogP contribution in [0.25, 0.3) is 0 Å². The predicted molar refractivity (Wildman–Crippen MR) is 133 cm³/mol. The van der Waals surface area contributed by atoms with Crippen LogP contribution in [-0.4, -0.2) is 99.2 Å². The third-order valence-corrected chi connectivity index (χ3v) is 7.77. The largest absolute Gasteiger partial charge is 0.490 e. The maximum atomic E-state index is 12.8. The summed E-state index contributed by atoms with van der Waals surface area (Å²) < 4.78 is 32.8. The number of nitrogens with zero attached hydrogens (tertiary/aromatic N) is 5. The number of nitrogens with two attached hydrogens (primary N) is 1. The van der Waals surface area contributed by atoms with E-state index in [1.54, 1.807) is 30.3 Å². The predicted octanol–water partition coefficient (Wildman–Crippen LogP) is -0.0783. The number of carboxylic acid groups (broad SMARTS) is 3. The van der Waals surface area contributed by atoms with Gasteiger partial charge >= 0.3 is 24.1 Å². The van der Waals surface area contributed by atoms with Gasteiger partial charge in [-0.2, -0.15) is 13.2 Å². The lowest BCUT2D eigenvalue weighted by molar-refractivity contribution is -0.192. The van der Waals surface area contributed by atoms with Gasteiger partial charge in [0.25, 0.3) is 5.91 Å². The first-order valence-corrected chi connectivity index (χ1v) is 13.2.